The number of allylic oxidation sites excluding steroid dienone is 1. The molecule has 4 aromatic rings. The van der Waals surface area contributed by atoms with E-state index in [2.05, 4.69) is 0 Å². The fourth-order valence-electron chi connectivity index (χ4n) is 6.49. The number of benzene rings is 4. The molecule has 0 unspecified atom stereocenters. The number of rotatable bonds is 3. The Morgan fingerprint density at radius 3 is 2.28 bits per heavy atom. The molecule has 4 aromatic carbocycles. The van der Waals surface area contributed by atoms with Crippen LogP contribution in [0.15, 0.2) is 91.0 Å². The second-order valence-electron chi connectivity index (χ2n) is 10.3. The fourth-order valence-corrected chi connectivity index (χ4v) is 6.49. The Morgan fingerprint density at radius 1 is 0.795 bits per heavy atom. The lowest BCUT2D eigenvalue weighted by Gasteiger charge is -2.38. The third kappa shape index (κ3) is 3.37. The molecule has 1 saturated heterocycles. The van der Waals surface area contributed by atoms with Gasteiger partial charge in [0, 0.05) is 16.9 Å². The maximum atomic E-state index is 14.2. The minimum atomic E-state index is -0.878. The molecule has 2 heterocycles. The number of anilines is 1. The van der Waals surface area contributed by atoms with Crippen LogP contribution in [0.1, 0.15) is 22.6 Å². The normalized spacial score (nSPS) is 23.6. The van der Waals surface area contributed by atoms with Gasteiger partial charge in [-0.2, -0.15) is 0 Å². The number of nitrogens with zero attached hydrogens (tertiary/aromatic N) is 1. The van der Waals surface area contributed by atoms with Gasteiger partial charge in [0.05, 0.1) is 30.6 Å². The zero-order valence-electron chi connectivity index (χ0n) is 21.5. The van der Waals surface area contributed by atoms with Crippen LogP contribution in [-0.4, -0.2) is 24.9 Å². The highest BCUT2D eigenvalue weighted by molar-refractivity contribution is 6.25. The number of fused-ring (bicyclic) bond motifs is 7. The number of amides is 2. The average Bonchev–Trinajstić information content (AvgIpc) is 3.22. The largest absolute Gasteiger partial charge is 0.497 e. The number of carbonyl (C=O) groups is 3. The third-order valence-corrected chi connectivity index (χ3v) is 8.34. The van der Waals surface area contributed by atoms with Crippen molar-refractivity contribution in [1.82, 2.24) is 0 Å². The number of para-hydroxylation sites is 1. The number of esters is 1. The van der Waals surface area contributed by atoms with E-state index in [0.29, 0.717) is 17.2 Å². The lowest BCUT2D eigenvalue weighted by Crippen LogP contribution is -2.42. The summed E-state index contributed by atoms with van der Waals surface area (Å²) in [7, 11) is 1.60. The zero-order chi connectivity index (χ0) is 26.8. The summed E-state index contributed by atoms with van der Waals surface area (Å²) < 4.78 is 11.3. The van der Waals surface area contributed by atoms with Crippen molar-refractivity contribution < 1.29 is 23.9 Å². The van der Waals surface area contributed by atoms with Crippen LogP contribution in [0.4, 0.5) is 5.69 Å². The lowest BCUT2D eigenvalue weighted by molar-refractivity contribution is -0.142. The summed E-state index contributed by atoms with van der Waals surface area (Å²) in [6.45, 7) is 1.87. The van der Waals surface area contributed by atoms with E-state index < -0.39 is 29.6 Å². The maximum absolute atomic E-state index is 14.2. The first-order valence-electron chi connectivity index (χ1n) is 13.0. The molecule has 0 spiro atoms. The van der Waals surface area contributed by atoms with Gasteiger partial charge in [-0.25, -0.2) is 4.90 Å². The molecule has 0 N–H and O–H groups in total. The standard InChI is InChI=1S/C33H25NO5/c1-18-7-3-6-10-26(18)34-31(35)27-24(20-11-14-21(38-2)15-12-20)17-25-23-16-13-19-8-4-5-9-22(19)30(23)39-33(37)28(25)29(27)32(34)36/h3-17,24,27-29H,1-2H3/t24-,27-,28-,29-/m0/s1. The highest BCUT2D eigenvalue weighted by Gasteiger charge is 2.60. The van der Waals surface area contributed by atoms with E-state index in [0.717, 1.165) is 33.0 Å². The van der Waals surface area contributed by atoms with E-state index in [1.807, 2.05) is 91.9 Å². The van der Waals surface area contributed by atoms with Gasteiger partial charge in [0.15, 0.2) is 0 Å². The molecule has 0 radical (unpaired) electrons. The molecule has 0 bridgehead atoms. The van der Waals surface area contributed by atoms with Gasteiger partial charge in [0.2, 0.25) is 11.8 Å². The minimum absolute atomic E-state index is 0.299. The van der Waals surface area contributed by atoms with Gasteiger partial charge >= 0.3 is 5.97 Å². The van der Waals surface area contributed by atoms with Crippen molar-refractivity contribution >= 4 is 39.8 Å². The van der Waals surface area contributed by atoms with Gasteiger partial charge < -0.3 is 9.47 Å². The predicted octanol–water partition coefficient (Wildman–Crippen LogP) is 5.68. The van der Waals surface area contributed by atoms with Gasteiger partial charge in [-0.05, 0) is 47.2 Å². The predicted molar refractivity (Wildman–Crippen MR) is 147 cm³/mol. The highest BCUT2D eigenvalue weighted by atomic mass is 16.5. The molecule has 6 heteroatoms. The Morgan fingerprint density at radius 2 is 1.51 bits per heavy atom. The fraction of sp³-hybridized carbons (Fsp3) is 0.182. The second kappa shape index (κ2) is 8.67. The second-order valence-corrected chi connectivity index (χ2v) is 10.3. The molecule has 0 saturated carbocycles. The summed E-state index contributed by atoms with van der Waals surface area (Å²) in [6.07, 6.45) is 2.01. The molecule has 0 aromatic heterocycles. The van der Waals surface area contributed by atoms with Crippen molar-refractivity contribution in [1.29, 1.82) is 0 Å². The topological polar surface area (TPSA) is 72.9 Å². The first-order valence-corrected chi connectivity index (χ1v) is 13.0. The van der Waals surface area contributed by atoms with Gasteiger partial charge in [0.25, 0.3) is 0 Å². The molecule has 6 nitrogen and oxygen atoms in total. The van der Waals surface area contributed by atoms with Crippen molar-refractivity contribution in [3.63, 3.8) is 0 Å². The molecule has 7 rings (SSSR count). The number of hydrogen-bond acceptors (Lipinski definition) is 5. The minimum Gasteiger partial charge on any atom is -0.497 e. The molecule has 3 aliphatic rings. The van der Waals surface area contributed by atoms with Crippen molar-refractivity contribution in [3.8, 4) is 11.5 Å². The van der Waals surface area contributed by atoms with E-state index in [4.69, 9.17) is 9.47 Å². The number of aryl methyl sites for hydroxylation is 1. The van der Waals surface area contributed by atoms with Crippen molar-refractivity contribution in [2.75, 3.05) is 12.0 Å². The van der Waals surface area contributed by atoms with Gasteiger partial charge in [-0.1, -0.05) is 72.8 Å². The van der Waals surface area contributed by atoms with Crippen LogP contribution in [-0.2, 0) is 14.4 Å². The summed E-state index contributed by atoms with van der Waals surface area (Å²) in [5, 5.41) is 1.79. The summed E-state index contributed by atoms with van der Waals surface area (Å²) in [5.41, 5.74) is 3.76. The van der Waals surface area contributed by atoms with Gasteiger partial charge in [-0.15, -0.1) is 0 Å². The van der Waals surface area contributed by atoms with Gasteiger partial charge in [-0.3, -0.25) is 14.4 Å². The summed E-state index contributed by atoms with van der Waals surface area (Å²) in [5.74, 6) is -2.87. The molecule has 2 aliphatic heterocycles. The first kappa shape index (κ1) is 23.4. The number of hydrogen-bond donors (Lipinski definition) is 0. The number of ether oxygens (including phenoxy) is 2. The maximum Gasteiger partial charge on any atom is 0.319 e. The van der Waals surface area contributed by atoms with Crippen LogP contribution in [0.2, 0.25) is 0 Å². The highest BCUT2D eigenvalue weighted by Crippen LogP contribution is 2.55. The molecule has 4 atom stereocenters. The monoisotopic (exact) mass is 515 g/mol. The van der Waals surface area contributed by atoms with E-state index in [9.17, 15) is 14.4 Å². The number of carbonyl (C=O) groups excluding carboxylic acids is 3. The Labute approximate surface area is 225 Å². The van der Waals surface area contributed by atoms with Crippen LogP contribution in [0.25, 0.3) is 16.3 Å². The van der Waals surface area contributed by atoms with E-state index in [-0.39, 0.29) is 11.8 Å². The molecule has 192 valence electrons. The van der Waals surface area contributed by atoms with E-state index in [1.165, 1.54) is 4.90 Å². The summed E-state index contributed by atoms with van der Waals surface area (Å²) in [6, 6.07) is 26.6. The first-order chi connectivity index (χ1) is 19.0. The average molecular weight is 516 g/mol. The van der Waals surface area contributed by atoms with Crippen molar-refractivity contribution in [2.45, 2.75) is 12.8 Å². The van der Waals surface area contributed by atoms with E-state index >= 15 is 0 Å². The SMILES string of the molecule is COc1ccc([C@@H]2C=C3c4ccc5ccccc5c4OC(=O)[C@@H]3[C@H]3C(=O)N(c4ccccc4C)C(=O)[C@H]32)cc1. The van der Waals surface area contributed by atoms with Crippen LogP contribution in [0, 0.1) is 24.7 Å². The Kier molecular flexibility index (Phi) is 5.20. The Bertz CT molecular complexity index is 1720. The molecule has 39 heavy (non-hydrogen) atoms. The van der Waals surface area contributed by atoms with Gasteiger partial charge in [0.1, 0.15) is 11.5 Å². The summed E-state index contributed by atoms with van der Waals surface area (Å²) in [4.78, 5) is 43.2. The van der Waals surface area contributed by atoms with E-state index in [1.54, 1.807) is 13.2 Å². The summed E-state index contributed by atoms with van der Waals surface area (Å²) >= 11 is 0. The molecular formula is C33H25NO5. The molecule has 1 aliphatic carbocycles. The molecular weight excluding hydrogens is 490 g/mol. The van der Waals surface area contributed by atoms with Crippen LogP contribution in [0.5, 0.6) is 11.5 Å². The van der Waals surface area contributed by atoms with Crippen molar-refractivity contribution in [3.05, 3.63) is 108 Å². The zero-order valence-corrected chi connectivity index (χ0v) is 21.5. The van der Waals surface area contributed by atoms with Crippen LogP contribution >= 0.6 is 0 Å². The smallest absolute Gasteiger partial charge is 0.319 e. The third-order valence-electron chi connectivity index (χ3n) is 8.34. The number of methoxy groups -OCH3 is 1. The van der Waals surface area contributed by atoms with Crippen LogP contribution < -0.4 is 14.4 Å². The quantitative estimate of drug-likeness (QED) is 0.199. The lowest BCUT2D eigenvalue weighted by atomic mass is 9.64. The van der Waals surface area contributed by atoms with Crippen LogP contribution in [0.3, 0.4) is 0 Å². The molecule has 2 amide bonds. The number of imide groups is 1. The van der Waals surface area contributed by atoms with Crippen molar-refractivity contribution in [2.24, 2.45) is 17.8 Å². The Hall–Kier alpha value is -4.71. The molecule has 1 fully saturated rings. The Balaban J connectivity index is 1.45.